The van der Waals surface area contributed by atoms with E-state index in [4.69, 9.17) is 9.47 Å². The van der Waals surface area contributed by atoms with Crippen LogP contribution in [0.5, 0.6) is 11.5 Å². The number of aryl methyl sites for hydroxylation is 2. The SMILES string of the molecule is C=CC(=O)Oc1ccc(CCCc2ccc(OC(=O)C=C)cc2)cc1. The number of benzene rings is 2. The van der Waals surface area contributed by atoms with E-state index in [9.17, 15) is 9.59 Å². The Balaban J connectivity index is 1.80. The van der Waals surface area contributed by atoms with Crippen LogP contribution >= 0.6 is 0 Å². The van der Waals surface area contributed by atoms with Crippen LogP contribution in [0.25, 0.3) is 0 Å². The summed E-state index contributed by atoms with van der Waals surface area (Å²) in [7, 11) is 0. The molecule has 0 aromatic heterocycles. The van der Waals surface area contributed by atoms with Crippen molar-refractivity contribution in [3.05, 3.63) is 85.0 Å². The van der Waals surface area contributed by atoms with E-state index in [2.05, 4.69) is 13.2 Å². The molecule has 4 heteroatoms. The van der Waals surface area contributed by atoms with Crippen LogP contribution in [0.4, 0.5) is 0 Å². The van der Waals surface area contributed by atoms with Crippen LogP contribution < -0.4 is 9.47 Å². The van der Waals surface area contributed by atoms with Gasteiger partial charge in [0.25, 0.3) is 0 Å². The third-order valence-electron chi connectivity index (χ3n) is 3.55. The summed E-state index contributed by atoms with van der Waals surface area (Å²) in [5, 5.41) is 0. The third-order valence-corrected chi connectivity index (χ3v) is 3.55. The fourth-order valence-corrected chi connectivity index (χ4v) is 2.26. The first-order chi connectivity index (χ1) is 12.1. The maximum atomic E-state index is 11.1. The molecular weight excluding hydrogens is 316 g/mol. The van der Waals surface area contributed by atoms with Gasteiger partial charge in [-0.2, -0.15) is 0 Å². The van der Waals surface area contributed by atoms with E-state index < -0.39 is 11.9 Å². The molecule has 0 saturated carbocycles. The molecule has 0 amide bonds. The molecule has 0 aliphatic rings. The van der Waals surface area contributed by atoms with Crippen molar-refractivity contribution in [3.63, 3.8) is 0 Å². The Bertz CT molecular complexity index is 677. The van der Waals surface area contributed by atoms with Gasteiger partial charge in [-0.15, -0.1) is 0 Å². The summed E-state index contributed by atoms with van der Waals surface area (Å²) in [5.74, 6) is 0.0987. The lowest BCUT2D eigenvalue weighted by Crippen LogP contribution is -2.03. The normalized spacial score (nSPS) is 9.92. The largest absolute Gasteiger partial charge is 0.423 e. The van der Waals surface area contributed by atoms with Gasteiger partial charge in [0, 0.05) is 12.2 Å². The molecule has 2 rings (SSSR count). The van der Waals surface area contributed by atoms with E-state index in [1.165, 1.54) is 11.1 Å². The zero-order chi connectivity index (χ0) is 18.1. The molecule has 0 fully saturated rings. The lowest BCUT2D eigenvalue weighted by molar-refractivity contribution is -0.129. The van der Waals surface area contributed by atoms with Crippen LogP contribution in [0, 0.1) is 0 Å². The second-order valence-corrected chi connectivity index (χ2v) is 5.39. The number of esters is 2. The third kappa shape index (κ3) is 6.11. The first kappa shape index (κ1) is 18.2. The standard InChI is InChI=1S/C21H20O4/c1-3-20(22)24-18-12-8-16(9-13-18)6-5-7-17-10-14-19(15-11-17)25-21(23)4-2/h3-4,8-15H,1-2,5-7H2. The van der Waals surface area contributed by atoms with Crippen molar-refractivity contribution in [1.82, 2.24) is 0 Å². The monoisotopic (exact) mass is 336 g/mol. The van der Waals surface area contributed by atoms with Crippen molar-refractivity contribution in [1.29, 1.82) is 0 Å². The molecule has 25 heavy (non-hydrogen) atoms. The molecule has 0 aliphatic carbocycles. The Kier molecular flexibility index (Phi) is 6.72. The molecule has 0 aliphatic heterocycles. The topological polar surface area (TPSA) is 52.6 Å². The lowest BCUT2D eigenvalue weighted by Gasteiger charge is -2.06. The van der Waals surface area contributed by atoms with Crippen molar-refractivity contribution in [3.8, 4) is 11.5 Å². The molecule has 128 valence electrons. The first-order valence-electron chi connectivity index (χ1n) is 7.97. The number of hydrogen-bond donors (Lipinski definition) is 0. The number of carbonyl (C=O) groups is 2. The van der Waals surface area contributed by atoms with Crippen LogP contribution in [0.2, 0.25) is 0 Å². The molecule has 0 spiro atoms. The average Bonchev–Trinajstić information content (AvgIpc) is 2.64. The molecular formula is C21H20O4. The average molecular weight is 336 g/mol. The van der Waals surface area contributed by atoms with Crippen LogP contribution in [0.15, 0.2) is 73.8 Å². The predicted molar refractivity (Wildman–Crippen MR) is 96.6 cm³/mol. The number of ether oxygens (including phenoxy) is 2. The maximum Gasteiger partial charge on any atom is 0.335 e. The second-order valence-electron chi connectivity index (χ2n) is 5.39. The van der Waals surface area contributed by atoms with Gasteiger partial charge < -0.3 is 9.47 Å². The molecule has 0 atom stereocenters. The highest BCUT2D eigenvalue weighted by Crippen LogP contribution is 2.17. The summed E-state index contributed by atoms with van der Waals surface area (Å²) in [6.45, 7) is 6.73. The van der Waals surface area contributed by atoms with Gasteiger partial charge in [-0.1, -0.05) is 37.4 Å². The summed E-state index contributed by atoms with van der Waals surface area (Å²) in [6.07, 6.45) is 5.10. The quantitative estimate of drug-likeness (QED) is 0.415. The van der Waals surface area contributed by atoms with Crippen LogP contribution in [-0.2, 0) is 22.4 Å². The molecule has 0 heterocycles. The van der Waals surface area contributed by atoms with E-state index in [1.807, 2.05) is 24.3 Å². The molecule has 2 aromatic carbocycles. The Morgan fingerprint density at radius 1 is 0.720 bits per heavy atom. The van der Waals surface area contributed by atoms with Crippen molar-refractivity contribution in [2.45, 2.75) is 19.3 Å². The smallest absolute Gasteiger partial charge is 0.335 e. The summed E-state index contributed by atoms with van der Waals surface area (Å²) in [4.78, 5) is 22.2. The molecule has 4 nitrogen and oxygen atoms in total. The zero-order valence-corrected chi connectivity index (χ0v) is 13.9. The second kappa shape index (κ2) is 9.23. The van der Waals surface area contributed by atoms with E-state index in [1.54, 1.807) is 24.3 Å². The van der Waals surface area contributed by atoms with E-state index in [-0.39, 0.29) is 0 Å². The minimum absolute atomic E-state index is 0.463. The van der Waals surface area contributed by atoms with Crippen LogP contribution in [0.1, 0.15) is 17.5 Å². The van der Waals surface area contributed by atoms with Crippen molar-refractivity contribution in [2.75, 3.05) is 0 Å². The lowest BCUT2D eigenvalue weighted by atomic mass is 10.0. The summed E-state index contributed by atoms with van der Waals surface area (Å²) in [6, 6.07) is 14.9. The molecule has 2 aromatic rings. The Hall–Kier alpha value is -3.14. The maximum absolute atomic E-state index is 11.1. The molecule has 0 bridgehead atoms. The van der Waals surface area contributed by atoms with Gasteiger partial charge in [-0.05, 0) is 54.7 Å². The number of hydrogen-bond acceptors (Lipinski definition) is 4. The van der Waals surface area contributed by atoms with Gasteiger partial charge in [-0.3, -0.25) is 0 Å². The van der Waals surface area contributed by atoms with Crippen LogP contribution in [0.3, 0.4) is 0 Å². The minimum atomic E-state index is -0.463. The van der Waals surface area contributed by atoms with E-state index in [0.29, 0.717) is 11.5 Å². The van der Waals surface area contributed by atoms with Gasteiger partial charge in [0.15, 0.2) is 0 Å². The summed E-state index contributed by atoms with van der Waals surface area (Å²) in [5.41, 5.74) is 2.35. The summed E-state index contributed by atoms with van der Waals surface area (Å²) < 4.78 is 10.1. The fraction of sp³-hybridized carbons (Fsp3) is 0.143. The number of carbonyl (C=O) groups excluding carboxylic acids is 2. The number of rotatable bonds is 8. The Labute approximate surface area is 147 Å². The van der Waals surface area contributed by atoms with Crippen molar-refractivity contribution in [2.24, 2.45) is 0 Å². The van der Waals surface area contributed by atoms with Gasteiger partial charge in [-0.25, -0.2) is 9.59 Å². The van der Waals surface area contributed by atoms with Gasteiger partial charge in [0.2, 0.25) is 0 Å². The van der Waals surface area contributed by atoms with Gasteiger partial charge in [0.1, 0.15) is 11.5 Å². The minimum Gasteiger partial charge on any atom is -0.423 e. The van der Waals surface area contributed by atoms with Crippen molar-refractivity contribution >= 4 is 11.9 Å². The molecule has 0 N–H and O–H groups in total. The highest BCUT2D eigenvalue weighted by Gasteiger charge is 2.02. The zero-order valence-electron chi connectivity index (χ0n) is 13.9. The predicted octanol–water partition coefficient (Wildman–Crippen LogP) is 4.04. The Morgan fingerprint density at radius 2 is 1.08 bits per heavy atom. The Morgan fingerprint density at radius 3 is 1.40 bits per heavy atom. The molecule has 0 unspecified atom stereocenters. The van der Waals surface area contributed by atoms with E-state index in [0.717, 1.165) is 31.4 Å². The highest BCUT2D eigenvalue weighted by molar-refractivity contribution is 5.83. The first-order valence-corrected chi connectivity index (χ1v) is 7.97. The highest BCUT2D eigenvalue weighted by atomic mass is 16.5. The summed E-state index contributed by atoms with van der Waals surface area (Å²) >= 11 is 0. The molecule has 0 radical (unpaired) electrons. The van der Waals surface area contributed by atoms with Crippen LogP contribution in [-0.4, -0.2) is 11.9 Å². The van der Waals surface area contributed by atoms with Gasteiger partial charge >= 0.3 is 11.9 Å². The fourth-order valence-electron chi connectivity index (χ4n) is 2.26. The van der Waals surface area contributed by atoms with Gasteiger partial charge in [0.05, 0.1) is 0 Å². The van der Waals surface area contributed by atoms with Crippen molar-refractivity contribution < 1.29 is 19.1 Å². The van der Waals surface area contributed by atoms with E-state index >= 15 is 0 Å². The molecule has 0 saturated heterocycles.